The molecule has 4 heteroatoms. The number of aromatic amines is 1. The van der Waals surface area contributed by atoms with Crippen LogP contribution in [0.2, 0.25) is 0 Å². The van der Waals surface area contributed by atoms with Crippen molar-refractivity contribution in [1.29, 1.82) is 0 Å². The Kier molecular flexibility index (Phi) is 4.00. The van der Waals surface area contributed by atoms with Gasteiger partial charge in [-0.3, -0.25) is 4.79 Å². The van der Waals surface area contributed by atoms with E-state index in [1.165, 1.54) is 5.56 Å². The predicted octanol–water partition coefficient (Wildman–Crippen LogP) is 2.66. The molecule has 2 aromatic rings. The normalized spacial score (nSPS) is 10.6. The summed E-state index contributed by atoms with van der Waals surface area (Å²) >= 11 is 0. The summed E-state index contributed by atoms with van der Waals surface area (Å²) in [7, 11) is 0. The molecule has 0 spiro atoms. The lowest BCUT2D eigenvalue weighted by Gasteiger charge is -2.06. The number of aryl methyl sites for hydroxylation is 1. The highest BCUT2D eigenvalue weighted by Gasteiger charge is 2.10. The number of benzene rings is 1. The van der Waals surface area contributed by atoms with Gasteiger partial charge in [0.1, 0.15) is 5.82 Å². The second-order valence-electron chi connectivity index (χ2n) is 4.52. The van der Waals surface area contributed by atoms with E-state index in [2.05, 4.69) is 16.9 Å². The van der Waals surface area contributed by atoms with Crippen molar-refractivity contribution in [3.8, 4) is 17.3 Å². The van der Waals surface area contributed by atoms with Crippen molar-refractivity contribution in [3.63, 3.8) is 0 Å². The standard InChI is InChI=1S/C15H18N2O2/c1-3-5-12-14(18)16-13(17-15(12)19)11-8-6-10(4-2)7-9-11/h6-9H,3-5H2,1-2H3,(H2,16,17,18,19). The molecular formula is C15H18N2O2. The Morgan fingerprint density at radius 2 is 1.89 bits per heavy atom. The molecule has 0 bridgehead atoms. The lowest BCUT2D eigenvalue weighted by atomic mass is 10.1. The van der Waals surface area contributed by atoms with E-state index in [9.17, 15) is 9.90 Å². The first kappa shape index (κ1) is 13.3. The van der Waals surface area contributed by atoms with E-state index < -0.39 is 0 Å². The number of aromatic hydroxyl groups is 1. The number of hydrogen-bond donors (Lipinski definition) is 2. The fraction of sp³-hybridized carbons (Fsp3) is 0.333. The van der Waals surface area contributed by atoms with Crippen molar-refractivity contribution in [2.75, 3.05) is 0 Å². The first-order valence-electron chi connectivity index (χ1n) is 6.57. The minimum absolute atomic E-state index is 0.167. The van der Waals surface area contributed by atoms with Gasteiger partial charge in [0, 0.05) is 5.56 Å². The number of aromatic nitrogens is 2. The second-order valence-corrected chi connectivity index (χ2v) is 4.52. The van der Waals surface area contributed by atoms with Gasteiger partial charge in [-0.1, -0.05) is 44.5 Å². The molecule has 0 unspecified atom stereocenters. The summed E-state index contributed by atoms with van der Waals surface area (Å²) in [6, 6.07) is 7.78. The van der Waals surface area contributed by atoms with Gasteiger partial charge < -0.3 is 10.1 Å². The summed E-state index contributed by atoms with van der Waals surface area (Å²) in [5.41, 5.74) is 2.12. The molecule has 4 nitrogen and oxygen atoms in total. The summed E-state index contributed by atoms with van der Waals surface area (Å²) < 4.78 is 0. The molecule has 19 heavy (non-hydrogen) atoms. The van der Waals surface area contributed by atoms with E-state index >= 15 is 0 Å². The van der Waals surface area contributed by atoms with Crippen LogP contribution < -0.4 is 5.56 Å². The van der Waals surface area contributed by atoms with E-state index in [0.29, 0.717) is 17.8 Å². The number of nitrogens with one attached hydrogen (secondary N) is 1. The summed E-state index contributed by atoms with van der Waals surface area (Å²) in [4.78, 5) is 18.7. The summed E-state index contributed by atoms with van der Waals surface area (Å²) in [6.07, 6.45) is 2.29. The Labute approximate surface area is 112 Å². The Morgan fingerprint density at radius 1 is 1.21 bits per heavy atom. The Balaban J connectivity index is 2.42. The molecule has 0 saturated heterocycles. The van der Waals surface area contributed by atoms with Gasteiger partial charge in [0.15, 0.2) is 0 Å². The fourth-order valence-electron chi connectivity index (χ4n) is 2.00. The average molecular weight is 258 g/mol. The van der Waals surface area contributed by atoms with Crippen molar-refractivity contribution in [2.45, 2.75) is 33.1 Å². The molecular weight excluding hydrogens is 240 g/mol. The highest BCUT2D eigenvalue weighted by atomic mass is 16.3. The zero-order chi connectivity index (χ0) is 13.8. The number of hydrogen-bond acceptors (Lipinski definition) is 3. The molecule has 0 atom stereocenters. The van der Waals surface area contributed by atoms with Crippen LogP contribution in [0.25, 0.3) is 11.4 Å². The lowest BCUT2D eigenvalue weighted by Crippen LogP contribution is -2.15. The molecule has 100 valence electrons. The van der Waals surface area contributed by atoms with Crippen molar-refractivity contribution < 1.29 is 5.11 Å². The molecule has 0 radical (unpaired) electrons. The molecule has 1 aromatic carbocycles. The molecule has 0 aliphatic heterocycles. The molecule has 2 rings (SSSR count). The fourth-order valence-corrected chi connectivity index (χ4v) is 2.00. The van der Waals surface area contributed by atoms with Crippen LogP contribution in [0.1, 0.15) is 31.4 Å². The monoisotopic (exact) mass is 258 g/mol. The summed E-state index contributed by atoms with van der Waals surface area (Å²) in [6.45, 7) is 4.04. The largest absolute Gasteiger partial charge is 0.493 e. The highest BCUT2D eigenvalue weighted by molar-refractivity contribution is 5.56. The maximum atomic E-state index is 11.9. The number of H-pyrrole nitrogens is 1. The van der Waals surface area contributed by atoms with E-state index in [1.54, 1.807) is 0 Å². The molecule has 0 saturated carbocycles. The van der Waals surface area contributed by atoms with Crippen LogP contribution in [-0.2, 0) is 12.8 Å². The van der Waals surface area contributed by atoms with Crippen LogP contribution in [-0.4, -0.2) is 15.1 Å². The van der Waals surface area contributed by atoms with Crippen molar-refractivity contribution in [1.82, 2.24) is 9.97 Å². The summed E-state index contributed by atoms with van der Waals surface area (Å²) in [5, 5.41) is 9.83. The van der Waals surface area contributed by atoms with Crippen molar-refractivity contribution in [2.24, 2.45) is 0 Å². The molecule has 0 fully saturated rings. The Hall–Kier alpha value is -2.10. The maximum Gasteiger partial charge on any atom is 0.258 e. The van der Waals surface area contributed by atoms with Gasteiger partial charge in [0.2, 0.25) is 5.88 Å². The van der Waals surface area contributed by atoms with Gasteiger partial charge in [0.05, 0.1) is 5.56 Å². The third kappa shape index (κ3) is 2.84. The minimum Gasteiger partial charge on any atom is -0.493 e. The van der Waals surface area contributed by atoms with Crippen molar-refractivity contribution in [3.05, 3.63) is 45.7 Å². The highest BCUT2D eigenvalue weighted by Crippen LogP contribution is 2.19. The van der Waals surface area contributed by atoms with Crippen LogP contribution in [0.15, 0.2) is 29.1 Å². The van der Waals surface area contributed by atoms with Crippen LogP contribution in [0, 0.1) is 0 Å². The number of nitrogens with zero attached hydrogens (tertiary/aromatic N) is 1. The smallest absolute Gasteiger partial charge is 0.258 e. The van der Waals surface area contributed by atoms with Crippen LogP contribution in [0.3, 0.4) is 0 Å². The van der Waals surface area contributed by atoms with E-state index in [4.69, 9.17) is 0 Å². The molecule has 0 aliphatic rings. The molecule has 0 aliphatic carbocycles. The molecule has 1 heterocycles. The average Bonchev–Trinajstić information content (AvgIpc) is 2.43. The second kappa shape index (κ2) is 5.69. The lowest BCUT2D eigenvalue weighted by molar-refractivity contribution is 0.443. The maximum absolute atomic E-state index is 11.9. The van der Waals surface area contributed by atoms with Gasteiger partial charge >= 0.3 is 0 Å². The minimum atomic E-state index is -0.260. The zero-order valence-corrected chi connectivity index (χ0v) is 11.2. The van der Waals surface area contributed by atoms with Gasteiger partial charge in [-0.05, 0) is 18.4 Å². The van der Waals surface area contributed by atoms with E-state index in [0.717, 1.165) is 18.4 Å². The third-order valence-electron chi connectivity index (χ3n) is 3.13. The van der Waals surface area contributed by atoms with Crippen LogP contribution in [0.4, 0.5) is 0 Å². The first-order chi connectivity index (χ1) is 9.15. The Bertz CT molecular complexity index is 615. The summed E-state index contributed by atoms with van der Waals surface area (Å²) in [5.74, 6) is 0.241. The molecule has 0 amide bonds. The number of rotatable bonds is 4. The van der Waals surface area contributed by atoms with E-state index in [-0.39, 0.29) is 11.4 Å². The van der Waals surface area contributed by atoms with Gasteiger partial charge in [-0.15, -0.1) is 0 Å². The zero-order valence-electron chi connectivity index (χ0n) is 11.2. The van der Waals surface area contributed by atoms with Crippen LogP contribution in [0.5, 0.6) is 5.88 Å². The van der Waals surface area contributed by atoms with Gasteiger partial charge in [0.25, 0.3) is 5.56 Å². The first-order valence-corrected chi connectivity index (χ1v) is 6.57. The molecule has 1 aromatic heterocycles. The topological polar surface area (TPSA) is 66.0 Å². The van der Waals surface area contributed by atoms with Crippen molar-refractivity contribution >= 4 is 0 Å². The third-order valence-corrected chi connectivity index (χ3v) is 3.13. The Morgan fingerprint density at radius 3 is 2.42 bits per heavy atom. The molecule has 2 N–H and O–H groups in total. The predicted molar refractivity (Wildman–Crippen MR) is 75.3 cm³/mol. The van der Waals surface area contributed by atoms with Gasteiger partial charge in [-0.2, -0.15) is 4.98 Å². The SMILES string of the molecule is CCCc1c(O)nc(-c2ccc(CC)cc2)[nH]c1=O. The van der Waals surface area contributed by atoms with Crippen LogP contribution >= 0.6 is 0 Å². The quantitative estimate of drug-likeness (QED) is 0.886. The van der Waals surface area contributed by atoms with Gasteiger partial charge in [-0.25, -0.2) is 0 Å². The van der Waals surface area contributed by atoms with E-state index in [1.807, 2.05) is 31.2 Å².